The van der Waals surface area contributed by atoms with Gasteiger partial charge in [0.25, 0.3) is 0 Å². The van der Waals surface area contributed by atoms with Crippen LogP contribution in [0.15, 0.2) is 52.8 Å². The van der Waals surface area contributed by atoms with Crippen molar-refractivity contribution in [2.45, 2.75) is 23.4 Å². The lowest BCUT2D eigenvalue weighted by molar-refractivity contribution is 0.221. The topological polar surface area (TPSA) is 58.1 Å². The van der Waals surface area contributed by atoms with Crippen molar-refractivity contribution < 1.29 is 4.79 Å². The second-order valence-electron chi connectivity index (χ2n) is 5.42. The Morgan fingerprint density at radius 2 is 2.14 bits per heavy atom. The first kappa shape index (κ1) is 14.8. The fourth-order valence-electron chi connectivity index (χ4n) is 2.38. The second-order valence-corrected chi connectivity index (χ2v) is 6.46. The van der Waals surface area contributed by atoms with Crippen molar-refractivity contribution in [2.24, 2.45) is 5.92 Å². The van der Waals surface area contributed by atoms with Crippen LogP contribution in [0.4, 0.5) is 10.5 Å². The molecule has 2 aromatic rings. The number of nitrogens with zero attached hydrogens (tertiary/aromatic N) is 3. The van der Waals surface area contributed by atoms with Crippen molar-refractivity contribution in [1.29, 1.82) is 0 Å². The Labute approximate surface area is 134 Å². The molecule has 22 heavy (non-hydrogen) atoms. The number of amides is 2. The van der Waals surface area contributed by atoms with E-state index in [1.165, 1.54) is 11.8 Å². The quantitative estimate of drug-likeness (QED) is 0.942. The minimum absolute atomic E-state index is 0.0377. The summed E-state index contributed by atoms with van der Waals surface area (Å²) in [6, 6.07) is 9.39. The predicted molar refractivity (Wildman–Crippen MR) is 87.0 cm³/mol. The molecule has 1 atom stereocenters. The molecule has 0 saturated carbocycles. The Morgan fingerprint density at radius 3 is 2.86 bits per heavy atom. The number of likely N-dealkylation sites (tertiary alicyclic amines) is 1. The summed E-state index contributed by atoms with van der Waals surface area (Å²) in [6.45, 7) is 3.82. The van der Waals surface area contributed by atoms with E-state index < -0.39 is 0 Å². The van der Waals surface area contributed by atoms with Crippen molar-refractivity contribution in [2.75, 3.05) is 18.4 Å². The van der Waals surface area contributed by atoms with Gasteiger partial charge in [-0.2, -0.15) is 0 Å². The van der Waals surface area contributed by atoms with Gasteiger partial charge < -0.3 is 10.2 Å². The lowest BCUT2D eigenvalue weighted by Gasteiger charge is -2.16. The van der Waals surface area contributed by atoms with Crippen LogP contribution in [0.5, 0.6) is 0 Å². The summed E-state index contributed by atoms with van der Waals surface area (Å²) in [7, 11) is 0. The predicted octanol–water partition coefficient (Wildman–Crippen LogP) is 3.50. The molecule has 1 aliphatic heterocycles. The number of pyridine rings is 2. The maximum absolute atomic E-state index is 12.2. The Balaban J connectivity index is 1.65. The van der Waals surface area contributed by atoms with Gasteiger partial charge in [0.15, 0.2) is 0 Å². The maximum atomic E-state index is 12.2. The monoisotopic (exact) mass is 314 g/mol. The first-order chi connectivity index (χ1) is 10.7. The third-order valence-electron chi connectivity index (χ3n) is 3.54. The van der Waals surface area contributed by atoms with E-state index in [-0.39, 0.29) is 6.03 Å². The van der Waals surface area contributed by atoms with Gasteiger partial charge in [0.05, 0.1) is 0 Å². The lowest BCUT2D eigenvalue weighted by atomic mass is 10.2. The Morgan fingerprint density at radius 1 is 1.27 bits per heavy atom. The molecule has 3 rings (SSSR count). The normalized spacial score (nSPS) is 17.5. The molecule has 114 valence electrons. The van der Waals surface area contributed by atoms with Crippen molar-refractivity contribution >= 4 is 23.5 Å². The largest absolute Gasteiger partial charge is 0.324 e. The summed E-state index contributed by atoms with van der Waals surface area (Å²) in [5.74, 6) is 0.582. The van der Waals surface area contributed by atoms with Crippen LogP contribution in [0.1, 0.15) is 13.3 Å². The van der Waals surface area contributed by atoms with Gasteiger partial charge in [-0.15, -0.1) is 0 Å². The van der Waals surface area contributed by atoms with E-state index in [2.05, 4.69) is 22.2 Å². The summed E-state index contributed by atoms with van der Waals surface area (Å²) >= 11 is 1.47. The maximum Gasteiger partial charge on any atom is 0.321 e. The van der Waals surface area contributed by atoms with Gasteiger partial charge in [0.1, 0.15) is 10.1 Å². The molecule has 3 heterocycles. The number of nitrogens with one attached hydrogen (secondary N) is 1. The van der Waals surface area contributed by atoms with E-state index in [1.54, 1.807) is 18.5 Å². The molecule has 1 fully saturated rings. The average molecular weight is 314 g/mol. The van der Waals surface area contributed by atoms with Crippen LogP contribution < -0.4 is 5.32 Å². The fraction of sp³-hybridized carbons (Fsp3) is 0.312. The van der Waals surface area contributed by atoms with Crippen LogP contribution in [-0.2, 0) is 0 Å². The Kier molecular flexibility index (Phi) is 4.58. The molecule has 0 radical (unpaired) electrons. The van der Waals surface area contributed by atoms with Gasteiger partial charge in [0.2, 0.25) is 0 Å². The fourth-order valence-corrected chi connectivity index (χ4v) is 3.15. The highest BCUT2D eigenvalue weighted by atomic mass is 32.2. The number of hydrogen-bond donors (Lipinski definition) is 1. The van der Waals surface area contributed by atoms with Crippen LogP contribution in [0.2, 0.25) is 0 Å². The molecule has 0 aromatic carbocycles. The number of carbonyl (C=O) groups excluding carboxylic acids is 1. The molecule has 1 N–H and O–H groups in total. The molecule has 0 spiro atoms. The van der Waals surface area contributed by atoms with Crippen LogP contribution in [0.3, 0.4) is 0 Å². The summed E-state index contributed by atoms with van der Waals surface area (Å²) in [5, 5.41) is 4.64. The van der Waals surface area contributed by atoms with E-state index in [0.717, 1.165) is 35.2 Å². The molecule has 2 aromatic heterocycles. The molecule has 6 heteroatoms. The van der Waals surface area contributed by atoms with Crippen molar-refractivity contribution in [3.05, 3.63) is 42.7 Å². The van der Waals surface area contributed by atoms with Crippen LogP contribution in [-0.4, -0.2) is 34.0 Å². The molecular weight excluding hydrogens is 296 g/mol. The summed E-state index contributed by atoms with van der Waals surface area (Å²) in [4.78, 5) is 22.6. The highest BCUT2D eigenvalue weighted by Gasteiger charge is 2.23. The Hall–Kier alpha value is -2.08. The van der Waals surface area contributed by atoms with Crippen molar-refractivity contribution in [3.63, 3.8) is 0 Å². The zero-order valence-electron chi connectivity index (χ0n) is 12.4. The van der Waals surface area contributed by atoms with Gasteiger partial charge in [-0.25, -0.2) is 14.8 Å². The molecule has 1 saturated heterocycles. The minimum Gasteiger partial charge on any atom is -0.324 e. The summed E-state index contributed by atoms with van der Waals surface area (Å²) < 4.78 is 0. The van der Waals surface area contributed by atoms with E-state index in [0.29, 0.717) is 5.92 Å². The molecule has 2 amide bonds. The molecule has 5 nitrogen and oxygen atoms in total. The summed E-state index contributed by atoms with van der Waals surface area (Å²) in [6.07, 6.45) is 4.53. The molecule has 0 bridgehead atoms. The first-order valence-corrected chi connectivity index (χ1v) is 8.13. The smallest absolute Gasteiger partial charge is 0.321 e. The van der Waals surface area contributed by atoms with Crippen LogP contribution in [0.25, 0.3) is 0 Å². The minimum atomic E-state index is -0.0377. The first-order valence-electron chi connectivity index (χ1n) is 7.31. The average Bonchev–Trinajstić information content (AvgIpc) is 2.95. The van der Waals surface area contributed by atoms with Crippen molar-refractivity contribution in [1.82, 2.24) is 14.9 Å². The molecule has 1 aliphatic rings. The zero-order chi connectivity index (χ0) is 15.4. The number of anilines is 1. The van der Waals surface area contributed by atoms with E-state index >= 15 is 0 Å². The SMILES string of the molecule is CC1CCN(C(=O)Nc2ccnc(Sc3ccccn3)c2)C1. The standard InChI is InChI=1S/C16H18N4OS/c1-12-6-9-20(11-12)16(21)19-13-5-8-18-15(10-13)22-14-4-2-3-7-17-14/h2-5,7-8,10,12H,6,9,11H2,1H3,(H,18,19,21). The number of urea groups is 1. The molecular formula is C16H18N4OS. The third kappa shape index (κ3) is 3.76. The number of hydrogen-bond acceptors (Lipinski definition) is 4. The van der Waals surface area contributed by atoms with Gasteiger partial charge in [-0.1, -0.05) is 24.8 Å². The van der Waals surface area contributed by atoms with Gasteiger partial charge in [0, 0.05) is 31.2 Å². The van der Waals surface area contributed by atoms with Gasteiger partial charge >= 0.3 is 6.03 Å². The van der Waals surface area contributed by atoms with E-state index in [9.17, 15) is 4.79 Å². The molecule has 1 unspecified atom stereocenters. The number of rotatable bonds is 3. The number of carbonyl (C=O) groups is 1. The number of aromatic nitrogens is 2. The highest BCUT2D eigenvalue weighted by Crippen LogP contribution is 2.25. The Bertz CT molecular complexity index is 650. The van der Waals surface area contributed by atoms with Crippen LogP contribution >= 0.6 is 11.8 Å². The summed E-state index contributed by atoms with van der Waals surface area (Å²) in [5.41, 5.74) is 0.762. The highest BCUT2D eigenvalue weighted by molar-refractivity contribution is 7.99. The van der Waals surface area contributed by atoms with Crippen LogP contribution in [0, 0.1) is 5.92 Å². The zero-order valence-corrected chi connectivity index (χ0v) is 13.2. The molecule has 0 aliphatic carbocycles. The van der Waals surface area contributed by atoms with E-state index in [1.807, 2.05) is 29.2 Å². The van der Waals surface area contributed by atoms with Gasteiger partial charge in [-0.05, 0) is 36.6 Å². The van der Waals surface area contributed by atoms with E-state index in [4.69, 9.17) is 0 Å². The third-order valence-corrected chi connectivity index (χ3v) is 4.43. The van der Waals surface area contributed by atoms with Crippen molar-refractivity contribution in [3.8, 4) is 0 Å². The second kappa shape index (κ2) is 6.79. The van der Waals surface area contributed by atoms with Gasteiger partial charge in [-0.3, -0.25) is 0 Å². The lowest BCUT2D eigenvalue weighted by Crippen LogP contribution is -2.32.